The molecule has 1 aliphatic carbocycles. The normalized spacial score (nSPS) is 14.0. The number of rotatable bonds is 4. The Kier molecular flexibility index (Phi) is 12.5. The Labute approximate surface area is 149 Å². The first-order valence-corrected chi connectivity index (χ1v) is 9.26. The Bertz CT molecular complexity index is 569. The van der Waals surface area contributed by atoms with Crippen molar-refractivity contribution in [2.45, 2.75) is 60.8 Å². The van der Waals surface area contributed by atoms with Crippen molar-refractivity contribution >= 4 is 11.8 Å². The lowest BCUT2D eigenvalue weighted by Crippen LogP contribution is -1.93. The van der Waals surface area contributed by atoms with Gasteiger partial charge < -0.3 is 0 Å². The molecule has 0 fully saturated rings. The SMILES string of the molecule is CC.CC.CN=C/C(=C\CC1=CCCC=C1C)c1ccc(C)cc1. The van der Waals surface area contributed by atoms with Gasteiger partial charge in [-0.3, -0.25) is 4.99 Å². The van der Waals surface area contributed by atoms with E-state index in [1.54, 1.807) is 0 Å². The molecule has 0 atom stereocenters. The minimum absolute atomic E-state index is 0.984. The van der Waals surface area contributed by atoms with Crippen molar-refractivity contribution in [3.05, 3.63) is 64.8 Å². The molecule has 0 spiro atoms. The molecule has 1 nitrogen and oxygen atoms in total. The highest BCUT2D eigenvalue weighted by Gasteiger charge is 2.04. The number of hydrogen-bond donors (Lipinski definition) is 0. The predicted octanol–water partition coefficient (Wildman–Crippen LogP) is 7.19. The third-order valence-electron chi connectivity index (χ3n) is 3.71. The van der Waals surface area contributed by atoms with E-state index in [2.05, 4.69) is 61.3 Å². The maximum absolute atomic E-state index is 4.19. The Morgan fingerprint density at radius 1 is 0.958 bits per heavy atom. The van der Waals surface area contributed by atoms with Gasteiger partial charge in [0.05, 0.1) is 0 Å². The molecule has 0 aliphatic heterocycles. The first-order valence-electron chi connectivity index (χ1n) is 9.26. The van der Waals surface area contributed by atoms with Crippen LogP contribution in [0.15, 0.2) is 58.6 Å². The maximum Gasteiger partial charge on any atom is 0.0284 e. The van der Waals surface area contributed by atoms with Crippen LogP contribution in [0.1, 0.15) is 65.0 Å². The summed E-state index contributed by atoms with van der Waals surface area (Å²) in [6.45, 7) is 12.3. The van der Waals surface area contributed by atoms with Crippen molar-refractivity contribution in [2.75, 3.05) is 7.05 Å². The van der Waals surface area contributed by atoms with E-state index in [9.17, 15) is 0 Å². The first-order chi connectivity index (χ1) is 11.7. The lowest BCUT2D eigenvalue weighted by molar-refractivity contribution is 0.972. The fraction of sp³-hybridized carbons (Fsp3) is 0.435. The van der Waals surface area contributed by atoms with Gasteiger partial charge in [0.2, 0.25) is 0 Å². The zero-order valence-electron chi connectivity index (χ0n) is 16.7. The summed E-state index contributed by atoms with van der Waals surface area (Å²) in [7, 11) is 1.83. The summed E-state index contributed by atoms with van der Waals surface area (Å²) in [5.74, 6) is 0. The van der Waals surface area contributed by atoms with Crippen LogP contribution in [0.5, 0.6) is 0 Å². The molecule has 1 aromatic carbocycles. The van der Waals surface area contributed by atoms with Gasteiger partial charge in [-0.05, 0) is 49.8 Å². The van der Waals surface area contributed by atoms with E-state index in [-0.39, 0.29) is 0 Å². The van der Waals surface area contributed by atoms with Gasteiger partial charge in [0, 0.05) is 13.3 Å². The molecule has 0 saturated heterocycles. The van der Waals surface area contributed by atoms with E-state index in [4.69, 9.17) is 0 Å². The molecule has 0 radical (unpaired) electrons. The minimum atomic E-state index is 0.984. The van der Waals surface area contributed by atoms with Gasteiger partial charge in [-0.2, -0.15) is 0 Å². The van der Waals surface area contributed by atoms with E-state index in [0.29, 0.717) is 0 Å². The maximum atomic E-state index is 4.19. The van der Waals surface area contributed by atoms with Crippen molar-refractivity contribution in [3.8, 4) is 0 Å². The Morgan fingerprint density at radius 2 is 1.54 bits per heavy atom. The molecule has 0 unspecified atom stereocenters. The minimum Gasteiger partial charge on any atom is -0.296 e. The topological polar surface area (TPSA) is 12.4 Å². The average Bonchev–Trinajstić information content (AvgIpc) is 2.64. The lowest BCUT2D eigenvalue weighted by atomic mass is 9.94. The second kappa shape index (κ2) is 13.5. The quantitative estimate of drug-likeness (QED) is 0.519. The average molecular weight is 326 g/mol. The Balaban J connectivity index is 0.00000123. The van der Waals surface area contributed by atoms with Crippen LogP contribution in [0.25, 0.3) is 5.57 Å². The molecule has 24 heavy (non-hydrogen) atoms. The highest BCUT2D eigenvalue weighted by atomic mass is 14.6. The first kappa shape index (κ1) is 22.1. The van der Waals surface area contributed by atoms with Crippen molar-refractivity contribution < 1.29 is 0 Å². The molecule has 0 amide bonds. The van der Waals surface area contributed by atoms with Crippen LogP contribution in [-0.4, -0.2) is 13.3 Å². The van der Waals surface area contributed by atoms with E-state index in [0.717, 1.165) is 6.42 Å². The third kappa shape index (κ3) is 7.59. The van der Waals surface area contributed by atoms with Crippen molar-refractivity contribution in [1.82, 2.24) is 0 Å². The smallest absolute Gasteiger partial charge is 0.0284 e. The van der Waals surface area contributed by atoms with E-state index in [1.807, 2.05) is 41.0 Å². The molecule has 0 saturated carbocycles. The summed E-state index contributed by atoms with van der Waals surface area (Å²) in [4.78, 5) is 4.19. The van der Waals surface area contributed by atoms with Gasteiger partial charge in [-0.25, -0.2) is 0 Å². The fourth-order valence-corrected chi connectivity index (χ4v) is 2.44. The monoisotopic (exact) mass is 325 g/mol. The van der Waals surface area contributed by atoms with Crippen LogP contribution < -0.4 is 0 Å². The van der Waals surface area contributed by atoms with E-state index in [1.165, 1.54) is 40.7 Å². The van der Waals surface area contributed by atoms with Gasteiger partial charge in [0.15, 0.2) is 0 Å². The molecular weight excluding hydrogens is 290 g/mol. The summed E-state index contributed by atoms with van der Waals surface area (Å²) in [5, 5.41) is 0. The molecule has 1 aromatic rings. The van der Waals surface area contributed by atoms with E-state index >= 15 is 0 Å². The van der Waals surface area contributed by atoms with Gasteiger partial charge in [0.1, 0.15) is 0 Å². The largest absolute Gasteiger partial charge is 0.296 e. The summed E-state index contributed by atoms with van der Waals surface area (Å²) in [5.41, 5.74) is 6.59. The van der Waals surface area contributed by atoms with Crippen LogP contribution in [0.3, 0.4) is 0 Å². The zero-order valence-corrected chi connectivity index (χ0v) is 16.7. The van der Waals surface area contributed by atoms with Crippen LogP contribution in [0.2, 0.25) is 0 Å². The second-order valence-electron chi connectivity index (χ2n) is 5.31. The molecule has 1 heteroatoms. The summed E-state index contributed by atoms with van der Waals surface area (Å²) >= 11 is 0. The second-order valence-corrected chi connectivity index (χ2v) is 5.31. The molecular formula is C23H35N. The number of benzene rings is 1. The Morgan fingerprint density at radius 3 is 2.08 bits per heavy atom. The predicted molar refractivity (Wildman–Crippen MR) is 112 cm³/mol. The standard InChI is InChI=1S/C19H23N.2C2H6/c1-15-8-10-18(11-9-15)19(14-20-3)13-12-17-7-5-4-6-16(17)2;2*1-2/h6-11,13-14H,4-5,12H2,1-3H3;2*1-2H3/b19-13+,20-14?;;. The van der Waals surface area contributed by atoms with Crippen molar-refractivity contribution in [1.29, 1.82) is 0 Å². The summed E-state index contributed by atoms with van der Waals surface area (Å²) < 4.78 is 0. The van der Waals surface area contributed by atoms with Crippen LogP contribution in [0.4, 0.5) is 0 Å². The van der Waals surface area contributed by atoms with Crippen molar-refractivity contribution in [2.24, 2.45) is 4.99 Å². The summed E-state index contributed by atoms with van der Waals surface area (Å²) in [6.07, 6.45) is 12.3. The lowest BCUT2D eigenvalue weighted by Gasteiger charge is -2.11. The number of aliphatic imine (C=N–C) groups is 1. The number of aryl methyl sites for hydroxylation is 1. The molecule has 0 aromatic heterocycles. The van der Waals surface area contributed by atoms with Crippen LogP contribution in [-0.2, 0) is 0 Å². The molecule has 1 aliphatic rings. The molecule has 0 N–H and O–H groups in total. The molecule has 0 bridgehead atoms. The van der Waals surface area contributed by atoms with Gasteiger partial charge in [0.25, 0.3) is 0 Å². The fourth-order valence-electron chi connectivity index (χ4n) is 2.44. The molecule has 0 heterocycles. The zero-order chi connectivity index (χ0) is 18.4. The van der Waals surface area contributed by atoms with Crippen molar-refractivity contribution in [3.63, 3.8) is 0 Å². The van der Waals surface area contributed by atoms with Gasteiger partial charge in [-0.15, -0.1) is 0 Å². The number of allylic oxidation sites excluding steroid dienone is 6. The Hall–Kier alpha value is -1.89. The van der Waals surface area contributed by atoms with Crippen LogP contribution >= 0.6 is 0 Å². The highest BCUT2D eigenvalue weighted by molar-refractivity contribution is 6.09. The highest BCUT2D eigenvalue weighted by Crippen LogP contribution is 2.23. The van der Waals surface area contributed by atoms with Crippen LogP contribution in [0, 0.1) is 6.92 Å². The van der Waals surface area contributed by atoms with Gasteiger partial charge in [-0.1, -0.05) is 81.3 Å². The number of hydrogen-bond acceptors (Lipinski definition) is 1. The van der Waals surface area contributed by atoms with Gasteiger partial charge >= 0.3 is 0 Å². The number of nitrogens with zero attached hydrogens (tertiary/aromatic N) is 1. The molecule has 2 rings (SSSR count). The third-order valence-corrected chi connectivity index (χ3v) is 3.71. The summed E-state index contributed by atoms with van der Waals surface area (Å²) in [6, 6.07) is 8.64. The van der Waals surface area contributed by atoms with E-state index < -0.39 is 0 Å². The molecule has 132 valence electrons.